The van der Waals surface area contributed by atoms with Gasteiger partial charge in [-0.2, -0.15) is 0 Å². The van der Waals surface area contributed by atoms with Gasteiger partial charge in [-0.05, 0) is 25.9 Å². The number of hydrogen-bond acceptors (Lipinski definition) is 4. The minimum Gasteiger partial charge on any atom is -0.378 e. The van der Waals surface area contributed by atoms with Gasteiger partial charge >= 0.3 is 0 Å². The first-order chi connectivity index (χ1) is 7.95. The van der Waals surface area contributed by atoms with E-state index in [1.54, 1.807) is 12.7 Å². The lowest BCUT2D eigenvalue weighted by molar-refractivity contribution is 0.122. The fourth-order valence-corrected chi connectivity index (χ4v) is 2.80. The average Bonchev–Trinajstić information content (AvgIpc) is 3.01. The second-order valence-electron chi connectivity index (χ2n) is 4.68. The Bertz CT molecular complexity index is 321. The zero-order valence-corrected chi connectivity index (χ0v) is 9.46. The summed E-state index contributed by atoms with van der Waals surface area (Å²) in [6, 6.07) is 0.907. The minimum absolute atomic E-state index is 0.396. The number of aromatic nitrogens is 3. The molecule has 2 saturated heterocycles. The number of rotatable bonds is 2. The molecule has 1 aromatic heterocycles. The number of ether oxygens (including phenoxy) is 1. The second-order valence-corrected chi connectivity index (χ2v) is 4.68. The highest BCUT2D eigenvalue weighted by Crippen LogP contribution is 2.26. The first-order valence-corrected chi connectivity index (χ1v) is 6.11. The first kappa shape index (κ1) is 10.2. The smallest absolute Gasteiger partial charge is 0.119 e. The van der Waals surface area contributed by atoms with Gasteiger partial charge in [-0.3, -0.25) is 4.90 Å². The third kappa shape index (κ3) is 1.85. The van der Waals surface area contributed by atoms with Crippen molar-refractivity contribution in [2.45, 2.75) is 31.3 Å². The van der Waals surface area contributed by atoms with Gasteiger partial charge < -0.3 is 9.30 Å². The molecule has 1 aromatic rings. The van der Waals surface area contributed by atoms with E-state index in [1.165, 1.54) is 32.4 Å². The summed E-state index contributed by atoms with van der Waals surface area (Å²) in [6.07, 6.45) is 7.63. The SMILES string of the molecule is c1nncn1[C@H]1COC[C@@H]1N1CCCCC1. The lowest BCUT2D eigenvalue weighted by atomic mass is 10.1. The predicted octanol–water partition coefficient (Wildman–Crippen LogP) is 0.704. The van der Waals surface area contributed by atoms with Crippen LogP contribution in [0.15, 0.2) is 12.7 Å². The molecule has 2 aliphatic rings. The summed E-state index contributed by atoms with van der Waals surface area (Å²) in [5.41, 5.74) is 0. The lowest BCUT2D eigenvalue weighted by Crippen LogP contribution is -2.43. The maximum absolute atomic E-state index is 5.63. The molecule has 0 aromatic carbocycles. The van der Waals surface area contributed by atoms with Crippen LogP contribution >= 0.6 is 0 Å². The molecule has 0 spiro atoms. The molecule has 5 nitrogen and oxygen atoms in total. The van der Waals surface area contributed by atoms with E-state index in [0.717, 1.165) is 13.2 Å². The Morgan fingerprint density at radius 1 is 0.938 bits per heavy atom. The van der Waals surface area contributed by atoms with Crippen LogP contribution in [0.3, 0.4) is 0 Å². The Kier molecular flexibility index (Phi) is 2.88. The van der Waals surface area contributed by atoms with Crippen LogP contribution in [0.5, 0.6) is 0 Å². The molecular formula is C11H18N4O. The maximum atomic E-state index is 5.63. The summed E-state index contributed by atoms with van der Waals surface area (Å²) < 4.78 is 7.72. The van der Waals surface area contributed by atoms with Crippen molar-refractivity contribution < 1.29 is 4.74 Å². The van der Waals surface area contributed by atoms with Crippen molar-refractivity contribution in [1.29, 1.82) is 0 Å². The molecule has 3 rings (SSSR count). The molecule has 0 saturated carbocycles. The van der Waals surface area contributed by atoms with E-state index in [1.807, 2.05) is 0 Å². The molecule has 0 radical (unpaired) electrons. The van der Waals surface area contributed by atoms with Crippen molar-refractivity contribution >= 4 is 0 Å². The van der Waals surface area contributed by atoms with Crippen LogP contribution in [0.1, 0.15) is 25.3 Å². The van der Waals surface area contributed by atoms with Crippen LogP contribution in [0.4, 0.5) is 0 Å². The van der Waals surface area contributed by atoms with Crippen molar-refractivity contribution in [2.75, 3.05) is 26.3 Å². The fourth-order valence-electron chi connectivity index (χ4n) is 2.80. The monoisotopic (exact) mass is 222 g/mol. The molecule has 2 aliphatic heterocycles. The molecule has 0 aliphatic carbocycles. The molecule has 0 N–H and O–H groups in total. The maximum Gasteiger partial charge on any atom is 0.119 e. The Labute approximate surface area is 95.4 Å². The molecule has 0 bridgehead atoms. The zero-order valence-electron chi connectivity index (χ0n) is 9.46. The van der Waals surface area contributed by atoms with E-state index in [4.69, 9.17) is 4.74 Å². The summed E-state index contributed by atoms with van der Waals surface area (Å²) in [4.78, 5) is 2.57. The van der Waals surface area contributed by atoms with Gasteiger partial charge in [0, 0.05) is 0 Å². The largest absolute Gasteiger partial charge is 0.378 e. The number of likely N-dealkylation sites (tertiary alicyclic amines) is 1. The molecule has 88 valence electrons. The van der Waals surface area contributed by atoms with Gasteiger partial charge in [0.2, 0.25) is 0 Å². The van der Waals surface area contributed by atoms with Gasteiger partial charge in [-0.15, -0.1) is 10.2 Å². The van der Waals surface area contributed by atoms with Gasteiger partial charge in [0.1, 0.15) is 12.7 Å². The zero-order chi connectivity index (χ0) is 10.8. The van der Waals surface area contributed by atoms with Crippen molar-refractivity contribution in [1.82, 2.24) is 19.7 Å². The van der Waals surface area contributed by atoms with E-state index >= 15 is 0 Å². The Balaban J connectivity index is 1.73. The normalized spacial score (nSPS) is 32.0. The molecule has 16 heavy (non-hydrogen) atoms. The van der Waals surface area contributed by atoms with E-state index in [2.05, 4.69) is 19.7 Å². The summed E-state index contributed by atoms with van der Waals surface area (Å²) in [6.45, 7) is 4.07. The summed E-state index contributed by atoms with van der Waals surface area (Å²) >= 11 is 0. The molecule has 3 heterocycles. The third-order valence-electron chi connectivity index (χ3n) is 3.70. The van der Waals surface area contributed by atoms with Crippen molar-refractivity contribution in [3.05, 3.63) is 12.7 Å². The van der Waals surface area contributed by atoms with Crippen LogP contribution in [-0.4, -0.2) is 52.0 Å². The molecule has 0 amide bonds. The summed E-state index contributed by atoms with van der Waals surface area (Å²) in [7, 11) is 0. The van der Waals surface area contributed by atoms with E-state index in [0.29, 0.717) is 12.1 Å². The third-order valence-corrected chi connectivity index (χ3v) is 3.70. The van der Waals surface area contributed by atoms with Crippen LogP contribution in [0.2, 0.25) is 0 Å². The highest BCUT2D eigenvalue weighted by molar-refractivity contribution is 4.90. The molecule has 2 fully saturated rings. The van der Waals surface area contributed by atoms with Crippen molar-refractivity contribution in [3.63, 3.8) is 0 Å². The van der Waals surface area contributed by atoms with Gasteiger partial charge in [0.25, 0.3) is 0 Å². The van der Waals surface area contributed by atoms with Crippen LogP contribution < -0.4 is 0 Å². The first-order valence-electron chi connectivity index (χ1n) is 6.11. The predicted molar refractivity (Wildman–Crippen MR) is 59.1 cm³/mol. The Morgan fingerprint density at radius 3 is 2.38 bits per heavy atom. The Hall–Kier alpha value is -0.940. The molecule has 2 atom stereocenters. The molecule has 5 heteroatoms. The van der Waals surface area contributed by atoms with Crippen LogP contribution in [-0.2, 0) is 4.74 Å². The Morgan fingerprint density at radius 2 is 1.62 bits per heavy atom. The quantitative estimate of drug-likeness (QED) is 0.739. The van der Waals surface area contributed by atoms with Crippen molar-refractivity contribution in [3.8, 4) is 0 Å². The highest BCUT2D eigenvalue weighted by atomic mass is 16.5. The van der Waals surface area contributed by atoms with E-state index in [-0.39, 0.29) is 0 Å². The fraction of sp³-hybridized carbons (Fsp3) is 0.818. The van der Waals surface area contributed by atoms with Crippen LogP contribution in [0.25, 0.3) is 0 Å². The summed E-state index contributed by atoms with van der Waals surface area (Å²) in [5, 5.41) is 7.77. The number of piperidine rings is 1. The van der Waals surface area contributed by atoms with E-state index in [9.17, 15) is 0 Å². The topological polar surface area (TPSA) is 43.2 Å². The second kappa shape index (κ2) is 4.51. The lowest BCUT2D eigenvalue weighted by Gasteiger charge is -2.34. The summed E-state index contributed by atoms with van der Waals surface area (Å²) in [5.74, 6) is 0. The van der Waals surface area contributed by atoms with E-state index < -0.39 is 0 Å². The van der Waals surface area contributed by atoms with Crippen LogP contribution in [0, 0.1) is 0 Å². The van der Waals surface area contributed by atoms with Gasteiger partial charge in [0.15, 0.2) is 0 Å². The van der Waals surface area contributed by atoms with Gasteiger partial charge in [-0.1, -0.05) is 6.42 Å². The number of hydrogen-bond donors (Lipinski definition) is 0. The standard InChI is InChI=1S/C11H18N4O/c1-2-4-14(5-3-1)10-6-16-7-11(10)15-8-12-13-9-15/h8-11H,1-7H2/t10-,11-/m0/s1. The van der Waals surface area contributed by atoms with Gasteiger partial charge in [0.05, 0.1) is 25.3 Å². The van der Waals surface area contributed by atoms with Gasteiger partial charge in [-0.25, -0.2) is 0 Å². The highest BCUT2D eigenvalue weighted by Gasteiger charge is 2.34. The van der Waals surface area contributed by atoms with Crippen molar-refractivity contribution in [2.24, 2.45) is 0 Å². The molecular weight excluding hydrogens is 204 g/mol. The molecule has 0 unspecified atom stereocenters. The number of nitrogens with zero attached hydrogens (tertiary/aromatic N) is 4. The minimum atomic E-state index is 0.396. The average molecular weight is 222 g/mol.